The van der Waals surface area contributed by atoms with Crippen LogP contribution in [0.1, 0.15) is 187 Å². The first-order valence-electron chi connectivity index (χ1n) is 29.4. The van der Waals surface area contributed by atoms with Crippen molar-refractivity contribution in [3.05, 3.63) is 117 Å². The summed E-state index contributed by atoms with van der Waals surface area (Å²) in [6.45, 7) is 28.0. The van der Waals surface area contributed by atoms with E-state index in [9.17, 15) is 60.2 Å². The summed E-state index contributed by atoms with van der Waals surface area (Å²) < 4.78 is 106. The number of esters is 2. The van der Waals surface area contributed by atoms with Crippen LogP contribution in [0, 0.1) is 0 Å². The molecule has 2 aliphatic rings. The average Bonchev–Trinajstić information content (AvgIpc) is 1.52. The molecule has 2 aliphatic heterocycles. The van der Waals surface area contributed by atoms with Crippen LogP contribution in [-0.4, -0.2) is 113 Å². The number of hydrogen-bond donors (Lipinski definition) is 1. The van der Waals surface area contributed by atoms with Gasteiger partial charge in [0.05, 0.1) is 24.0 Å². The number of aromatic hydroxyl groups is 1. The molecule has 500 valence electrons. The number of amides is 4. The standard InChI is InChI=1S/C33H43F3N2O6.C22H32N2O6.C11H12ClF3.CH4/c1-21(2)25-11-9-22(17-26(25)33(34,35)36)20-42-24-10-12-27-23(18-24)13-16-38(27)28(39)19-37(30(41)44-32(6,7)8)15-14-29(40)43-31(3,4)5;1-21(2,3)29-19(27)10-11-23(20(28)30-22(4,5)6)14-18(26)24-12-9-15-13-16(25)7-8-17(15)24;1-7(2)9-4-3-8(6-12)5-10(9)11(13,14)15;/h9-12,17-18,21H,13-16,19-20H2,1-8H3;7-8,13,25H,9-12,14H2,1-6H3;3-5,7H,6H2,1-2H3;1H4. The third-order valence-corrected chi connectivity index (χ3v) is 13.4. The van der Waals surface area contributed by atoms with Crippen LogP contribution in [0.3, 0.4) is 0 Å². The van der Waals surface area contributed by atoms with Gasteiger partial charge in [0, 0.05) is 43.4 Å². The van der Waals surface area contributed by atoms with E-state index >= 15 is 0 Å². The van der Waals surface area contributed by atoms with Gasteiger partial charge in [0.1, 0.15) is 53.6 Å². The number of benzene rings is 4. The summed E-state index contributed by atoms with van der Waals surface area (Å²) in [5, 5.41) is 9.63. The zero-order valence-corrected chi connectivity index (χ0v) is 54.7. The SMILES string of the molecule is C.CC(C)(C)OC(=O)CCN(CC(=O)N1CCc2cc(O)ccc21)C(=O)OC(C)(C)C.CC(C)c1ccc(CCl)cc1C(F)(F)F.CC(C)c1ccc(COc2ccc3c(c2)CCN3C(=O)CN(CCC(=O)OC(C)(C)C)C(=O)OC(C)(C)C)cc1C(F)(F)F. The molecule has 23 heteroatoms. The second-order valence-corrected chi connectivity index (χ2v) is 26.5. The van der Waals surface area contributed by atoms with E-state index in [1.165, 1.54) is 28.0 Å². The maximum atomic E-state index is 13.6. The summed E-state index contributed by atoms with van der Waals surface area (Å²) in [7, 11) is 0. The van der Waals surface area contributed by atoms with Crippen molar-refractivity contribution in [2.45, 2.75) is 203 Å². The van der Waals surface area contributed by atoms with Crippen molar-refractivity contribution in [2.24, 2.45) is 0 Å². The van der Waals surface area contributed by atoms with Gasteiger partial charge < -0.3 is 38.6 Å². The molecule has 0 fully saturated rings. The molecule has 16 nitrogen and oxygen atoms in total. The fraction of sp³-hybridized carbons (Fsp3) is 0.552. The highest BCUT2D eigenvalue weighted by Crippen LogP contribution is 2.39. The van der Waals surface area contributed by atoms with Gasteiger partial charge in [-0.2, -0.15) is 26.3 Å². The van der Waals surface area contributed by atoms with Crippen molar-refractivity contribution in [2.75, 3.05) is 49.1 Å². The summed E-state index contributed by atoms with van der Waals surface area (Å²) in [6, 6.07) is 18.5. The smallest absolute Gasteiger partial charge is 0.416 e. The molecule has 0 bridgehead atoms. The number of anilines is 2. The fourth-order valence-corrected chi connectivity index (χ4v) is 9.44. The van der Waals surface area contributed by atoms with E-state index in [-0.39, 0.29) is 93.9 Å². The van der Waals surface area contributed by atoms with Crippen LogP contribution in [-0.2, 0) is 75.8 Å². The lowest BCUT2D eigenvalue weighted by Crippen LogP contribution is -2.45. The maximum Gasteiger partial charge on any atom is 0.416 e. The highest BCUT2D eigenvalue weighted by Gasteiger charge is 2.37. The van der Waals surface area contributed by atoms with Crippen LogP contribution in [0.2, 0.25) is 0 Å². The predicted octanol–water partition coefficient (Wildman–Crippen LogP) is 15.7. The molecule has 0 aliphatic carbocycles. The molecule has 0 spiro atoms. The van der Waals surface area contributed by atoms with E-state index in [0.29, 0.717) is 59.7 Å². The monoisotopic (exact) mass is 1290 g/mol. The highest BCUT2D eigenvalue weighted by molar-refractivity contribution is 6.17. The molecule has 6 rings (SSSR count). The number of carbonyl (C=O) groups is 6. The number of nitrogens with zero attached hydrogens (tertiary/aromatic N) is 4. The normalized spacial score (nSPS) is 13.2. The van der Waals surface area contributed by atoms with Gasteiger partial charge in [-0.05, 0) is 190 Å². The van der Waals surface area contributed by atoms with Gasteiger partial charge in [-0.15, -0.1) is 11.6 Å². The van der Waals surface area contributed by atoms with E-state index < -0.39 is 70.0 Å². The van der Waals surface area contributed by atoms with Gasteiger partial charge in [-0.25, -0.2) is 9.59 Å². The molecular weight excluding hydrogens is 1200 g/mol. The minimum absolute atomic E-state index is 0. The lowest BCUT2D eigenvalue weighted by molar-refractivity contribution is -0.156. The van der Waals surface area contributed by atoms with Crippen LogP contribution >= 0.6 is 11.6 Å². The average molecular weight is 1290 g/mol. The third-order valence-electron chi connectivity index (χ3n) is 13.1. The Hall–Kier alpha value is -7.23. The van der Waals surface area contributed by atoms with Gasteiger partial charge >= 0.3 is 36.5 Å². The number of rotatable bonds is 16. The largest absolute Gasteiger partial charge is 0.508 e. The number of phenolic OH excluding ortho intramolecular Hbond substituents is 1. The zero-order chi connectivity index (χ0) is 67.4. The molecule has 4 amide bonds. The highest BCUT2D eigenvalue weighted by atomic mass is 35.5. The van der Waals surface area contributed by atoms with E-state index in [0.717, 1.165) is 23.3 Å². The quantitative estimate of drug-likeness (QED) is 0.0486. The molecule has 90 heavy (non-hydrogen) atoms. The molecule has 0 unspecified atom stereocenters. The number of hydrogen-bond acceptors (Lipinski definition) is 12. The Balaban J connectivity index is 0.000000395. The minimum Gasteiger partial charge on any atom is -0.508 e. The van der Waals surface area contributed by atoms with Crippen LogP contribution in [0.15, 0.2) is 72.8 Å². The Kier molecular flexibility index (Phi) is 27.1. The van der Waals surface area contributed by atoms with E-state index in [1.54, 1.807) is 163 Å². The Bertz CT molecular complexity index is 3120. The Morgan fingerprint density at radius 1 is 0.533 bits per heavy atom. The first-order valence-corrected chi connectivity index (χ1v) is 29.9. The van der Waals surface area contributed by atoms with Crippen LogP contribution in [0.4, 0.5) is 47.3 Å². The lowest BCUT2D eigenvalue weighted by Gasteiger charge is -2.29. The topological polar surface area (TPSA) is 182 Å². The van der Waals surface area contributed by atoms with E-state index in [2.05, 4.69) is 0 Å². The van der Waals surface area contributed by atoms with Crippen molar-refractivity contribution < 1.29 is 83.9 Å². The molecule has 0 radical (unpaired) electrons. The van der Waals surface area contributed by atoms with Gasteiger partial charge in [0.15, 0.2) is 0 Å². The molecule has 0 atom stereocenters. The van der Waals surface area contributed by atoms with Gasteiger partial charge in [0.2, 0.25) is 11.8 Å². The first-order chi connectivity index (χ1) is 40.8. The lowest BCUT2D eigenvalue weighted by atomic mass is 9.95. The summed E-state index contributed by atoms with van der Waals surface area (Å²) in [5.74, 6) is -1.29. The van der Waals surface area contributed by atoms with Crippen molar-refractivity contribution in [3.63, 3.8) is 0 Å². The van der Waals surface area contributed by atoms with Gasteiger partial charge in [0.25, 0.3) is 0 Å². The number of fused-ring (bicyclic) bond motifs is 2. The van der Waals surface area contributed by atoms with Crippen LogP contribution < -0.4 is 14.5 Å². The Morgan fingerprint density at radius 2 is 0.911 bits per heavy atom. The molecule has 4 aromatic carbocycles. The summed E-state index contributed by atoms with van der Waals surface area (Å²) in [5.41, 5.74) is 0.432. The van der Waals surface area contributed by atoms with Crippen LogP contribution in [0.5, 0.6) is 11.5 Å². The number of phenols is 1. The van der Waals surface area contributed by atoms with Gasteiger partial charge in [-0.1, -0.05) is 59.4 Å². The molecular formula is C67H91ClF6N4O12. The fourth-order valence-electron chi connectivity index (χ4n) is 9.28. The third kappa shape index (κ3) is 24.9. The second-order valence-electron chi connectivity index (χ2n) is 26.2. The van der Waals surface area contributed by atoms with Crippen LogP contribution in [0.25, 0.3) is 0 Å². The molecule has 2 heterocycles. The predicted molar refractivity (Wildman–Crippen MR) is 335 cm³/mol. The van der Waals surface area contributed by atoms with Crippen molar-refractivity contribution >= 4 is 58.9 Å². The molecule has 0 aromatic heterocycles. The summed E-state index contributed by atoms with van der Waals surface area (Å²) in [4.78, 5) is 81.8. The Morgan fingerprint density at radius 3 is 1.29 bits per heavy atom. The van der Waals surface area contributed by atoms with Crippen molar-refractivity contribution in [3.8, 4) is 11.5 Å². The summed E-state index contributed by atoms with van der Waals surface area (Å²) >= 11 is 5.51. The number of carbonyl (C=O) groups excluding carboxylic acids is 6. The maximum absolute atomic E-state index is 13.6. The van der Waals surface area contributed by atoms with E-state index in [1.807, 2.05) is 0 Å². The van der Waals surface area contributed by atoms with Gasteiger partial charge in [-0.3, -0.25) is 29.0 Å². The molecule has 1 N–H and O–H groups in total. The van der Waals surface area contributed by atoms with E-state index in [4.69, 9.17) is 35.3 Å². The minimum atomic E-state index is -4.46. The first kappa shape index (κ1) is 77.0. The second kappa shape index (κ2) is 31.7. The number of alkyl halides is 7. The summed E-state index contributed by atoms with van der Waals surface area (Å²) in [6.07, 6.45) is -9.14. The van der Waals surface area contributed by atoms with Crippen molar-refractivity contribution in [1.29, 1.82) is 0 Å². The molecule has 0 saturated carbocycles. The molecule has 4 aromatic rings. The number of halogens is 7. The zero-order valence-electron chi connectivity index (χ0n) is 53.9. The number of ether oxygens (including phenoxy) is 5. The Labute approximate surface area is 531 Å². The van der Waals surface area contributed by atoms with Crippen molar-refractivity contribution in [1.82, 2.24) is 9.80 Å². The molecule has 0 saturated heterocycles.